The summed E-state index contributed by atoms with van der Waals surface area (Å²) < 4.78 is 5.41. The van der Waals surface area contributed by atoms with Crippen molar-refractivity contribution in [3.8, 4) is 12.3 Å². The first-order valence-electron chi connectivity index (χ1n) is 9.21. The third-order valence-corrected chi connectivity index (χ3v) is 5.08. The number of anilines is 1. The van der Waals surface area contributed by atoms with Crippen molar-refractivity contribution in [2.24, 2.45) is 10.2 Å². The van der Waals surface area contributed by atoms with Gasteiger partial charge in [0.05, 0.1) is 13.2 Å². The first-order chi connectivity index (χ1) is 12.6. The van der Waals surface area contributed by atoms with Crippen LogP contribution in [-0.4, -0.2) is 42.8 Å². The quantitative estimate of drug-likeness (QED) is 0.728. The summed E-state index contributed by atoms with van der Waals surface area (Å²) in [4.78, 5) is 14.6. The highest BCUT2D eigenvalue weighted by Crippen LogP contribution is 2.37. The van der Waals surface area contributed by atoms with Gasteiger partial charge in [0.2, 0.25) is 5.91 Å². The van der Waals surface area contributed by atoms with Crippen LogP contribution in [0.2, 0.25) is 0 Å². The monoisotopic (exact) mass is 354 g/mol. The molecule has 3 rings (SSSR count). The molecule has 1 unspecified atom stereocenters. The Bertz CT molecular complexity index is 681. The molecule has 6 nitrogen and oxygen atoms in total. The van der Waals surface area contributed by atoms with Crippen LogP contribution in [0.3, 0.4) is 0 Å². The van der Waals surface area contributed by atoms with Crippen LogP contribution in [-0.2, 0) is 9.53 Å². The fourth-order valence-corrected chi connectivity index (χ4v) is 3.23. The number of morpholine rings is 1. The largest absolute Gasteiger partial charge is 0.379 e. The van der Waals surface area contributed by atoms with Gasteiger partial charge in [-0.2, -0.15) is 10.2 Å². The standard InChI is InChI=1S/C20H26N4O2/c1-3-4-10-20(22-23-20)11-9-19(25)21-18-7-5-17(6-8-18)16(2)24-12-14-26-15-13-24/h1,5-8,16H,4,9-15H2,2H3,(H,21,25). The Morgan fingerprint density at radius 1 is 1.31 bits per heavy atom. The molecule has 1 saturated heterocycles. The van der Waals surface area contributed by atoms with E-state index in [-0.39, 0.29) is 5.91 Å². The lowest BCUT2D eigenvalue weighted by Gasteiger charge is -2.32. The Kier molecular flexibility index (Phi) is 6.02. The molecule has 2 heterocycles. The van der Waals surface area contributed by atoms with Gasteiger partial charge in [-0.3, -0.25) is 9.69 Å². The van der Waals surface area contributed by atoms with Crippen LogP contribution < -0.4 is 5.32 Å². The second kappa shape index (κ2) is 8.43. The van der Waals surface area contributed by atoms with E-state index in [1.807, 2.05) is 12.1 Å². The average Bonchev–Trinajstić information content (AvgIpc) is 3.46. The number of rotatable bonds is 8. The van der Waals surface area contributed by atoms with E-state index >= 15 is 0 Å². The molecule has 0 aromatic heterocycles. The second-order valence-electron chi connectivity index (χ2n) is 6.88. The molecule has 0 saturated carbocycles. The summed E-state index contributed by atoms with van der Waals surface area (Å²) in [5, 5.41) is 11.1. The smallest absolute Gasteiger partial charge is 0.224 e. The van der Waals surface area contributed by atoms with E-state index in [0.29, 0.717) is 25.3 Å². The number of nitrogens with zero attached hydrogens (tertiary/aromatic N) is 3. The minimum Gasteiger partial charge on any atom is -0.379 e. The lowest BCUT2D eigenvalue weighted by molar-refractivity contribution is -0.116. The van der Waals surface area contributed by atoms with Gasteiger partial charge in [-0.15, -0.1) is 12.3 Å². The number of ether oxygens (including phenoxy) is 1. The van der Waals surface area contributed by atoms with Gasteiger partial charge >= 0.3 is 0 Å². The fourth-order valence-electron chi connectivity index (χ4n) is 3.23. The zero-order valence-electron chi connectivity index (χ0n) is 15.3. The molecule has 1 atom stereocenters. The van der Waals surface area contributed by atoms with E-state index in [2.05, 4.69) is 45.4 Å². The van der Waals surface area contributed by atoms with Crippen LogP contribution in [0, 0.1) is 12.3 Å². The van der Waals surface area contributed by atoms with Gasteiger partial charge in [-0.1, -0.05) is 12.1 Å². The van der Waals surface area contributed by atoms with Gasteiger partial charge < -0.3 is 10.1 Å². The third-order valence-electron chi connectivity index (χ3n) is 5.08. The summed E-state index contributed by atoms with van der Waals surface area (Å²) in [5.74, 6) is 2.58. The lowest BCUT2D eigenvalue weighted by Crippen LogP contribution is -2.37. The maximum Gasteiger partial charge on any atom is 0.224 e. The number of amides is 1. The molecule has 2 aliphatic heterocycles. The third kappa shape index (κ3) is 4.90. The molecule has 0 aliphatic carbocycles. The van der Waals surface area contributed by atoms with Gasteiger partial charge in [0.25, 0.3) is 0 Å². The van der Waals surface area contributed by atoms with Gasteiger partial charge in [0, 0.05) is 50.5 Å². The highest BCUT2D eigenvalue weighted by atomic mass is 16.5. The zero-order chi connectivity index (χ0) is 18.4. The number of carbonyl (C=O) groups is 1. The van der Waals surface area contributed by atoms with Crippen LogP contribution in [0.5, 0.6) is 0 Å². The molecule has 138 valence electrons. The number of benzene rings is 1. The molecule has 1 N–H and O–H groups in total. The highest BCUT2D eigenvalue weighted by molar-refractivity contribution is 5.90. The van der Waals surface area contributed by atoms with Gasteiger partial charge in [0.15, 0.2) is 5.66 Å². The number of terminal acetylenes is 1. The highest BCUT2D eigenvalue weighted by Gasteiger charge is 2.39. The van der Waals surface area contributed by atoms with Crippen molar-refractivity contribution in [1.82, 2.24) is 4.90 Å². The molecule has 26 heavy (non-hydrogen) atoms. The van der Waals surface area contributed by atoms with E-state index in [9.17, 15) is 4.79 Å². The van der Waals surface area contributed by atoms with Crippen molar-refractivity contribution in [2.45, 2.75) is 44.3 Å². The van der Waals surface area contributed by atoms with Crippen molar-refractivity contribution in [3.63, 3.8) is 0 Å². The summed E-state index contributed by atoms with van der Waals surface area (Å²) >= 11 is 0. The van der Waals surface area contributed by atoms with Gasteiger partial charge in [-0.05, 0) is 24.6 Å². The molecule has 0 radical (unpaired) electrons. The molecule has 6 heteroatoms. The first-order valence-corrected chi connectivity index (χ1v) is 9.21. The van der Waals surface area contributed by atoms with Crippen LogP contribution in [0.1, 0.15) is 44.2 Å². The summed E-state index contributed by atoms with van der Waals surface area (Å²) in [6, 6.07) is 8.43. The number of hydrogen-bond donors (Lipinski definition) is 1. The Labute approximate surface area is 155 Å². The summed E-state index contributed by atoms with van der Waals surface area (Å²) in [6.45, 7) is 5.70. The maximum absolute atomic E-state index is 12.2. The van der Waals surface area contributed by atoms with E-state index in [1.54, 1.807) is 0 Å². The van der Waals surface area contributed by atoms with E-state index in [1.165, 1.54) is 5.56 Å². The summed E-state index contributed by atoms with van der Waals surface area (Å²) in [5.41, 5.74) is 1.66. The molecule has 1 fully saturated rings. The van der Waals surface area contributed by atoms with Crippen LogP contribution >= 0.6 is 0 Å². The molecular weight excluding hydrogens is 328 g/mol. The number of carbonyl (C=O) groups excluding carboxylic acids is 1. The van der Waals surface area contributed by atoms with Gasteiger partial charge in [-0.25, -0.2) is 0 Å². The van der Waals surface area contributed by atoms with E-state index in [4.69, 9.17) is 11.2 Å². The van der Waals surface area contributed by atoms with E-state index in [0.717, 1.165) is 38.4 Å². The summed E-state index contributed by atoms with van der Waals surface area (Å²) in [6.07, 6.45) is 7.65. The van der Waals surface area contributed by atoms with Gasteiger partial charge in [0.1, 0.15) is 0 Å². The Hall–Kier alpha value is -2.23. The van der Waals surface area contributed by atoms with Crippen molar-refractivity contribution in [3.05, 3.63) is 29.8 Å². The predicted octanol–water partition coefficient (Wildman–Crippen LogP) is 3.37. The Morgan fingerprint density at radius 2 is 2.00 bits per heavy atom. The first kappa shape index (κ1) is 18.6. The predicted molar refractivity (Wildman–Crippen MR) is 101 cm³/mol. The minimum atomic E-state index is -0.402. The lowest BCUT2D eigenvalue weighted by atomic mass is 10.0. The molecule has 1 aromatic rings. The van der Waals surface area contributed by atoms with Crippen LogP contribution in [0.25, 0.3) is 0 Å². The Morgan fingerprint density at radius 3 is 2.62 bits per heavy atom. The number of hydrogen-bond acceptors (Lipinski definition) is 5. The van der Waals surface area contributed by atoms with E-state index < -0.39 is 5.66 Å². The number of nitrogens with one attached hydrogen (secondary N) is 1. The normalized spacial score (nSPS) is 19.5. The van der Waals surface area contributed by atoms with Crippen LogP contribution in [0.4, 0.5) is 5.69 Å². The summed E-state index contributed by atoms with van der Waals surface area (Å²) in [7, 11) is 0. The molecule has 1 aromatic carbocycles. The molecule has 0 spiro atoms. The topological polar surface area (TPSA) is 66.3 Å². The van der Waals surface area contributed by atoms with Crippen molar-refractivity contribution in [2.75, 3.05) is 31.6 Å². The van der Waals surface area contributed by atoms with Crippen molar-refractivity contribution in [1.29, 1.82) is 0 Å². The van der Waals surface area contributed by atoms with Crippen LogP contribution in [0.15, 0.2) is 34.5 Å². The molecule has 2 aliphatic rings. The zero-order valence-corrected chi connectivity index (χ0v) is 15.3. The Balaban J connectivity index is 1.46. The molecule has 1 amide bonds. The van der Waals surface area contributed by atoms with Crippen molar-refractivity contribution >= 4 is 11.6 Å². The maximum atomic E-state index is 12.2. The average molecular weight is 354 g/mol. The van der Waals surface area contributed by atoms with Crippen molar-refractivity contribution < 1.29 is 9.53 Å². The SMILES string of the molecule is C#CCCC1(CCC(=O)Nc2ccc(C(C)N3CCOCC3)cc2)N=N1. The fraction of sp³-hybridized carbons (Fsp3) is 0.550. The minimum absolute atomic E-state index is 0.0173. The molecular formula is C20H26N4O2. The molecule has 0 bridgehead atoms. The second-order valence-corrected chi connectivity index (χ2v) is 6.88.